The van der Waals surface area contributed by atoms with Gasteiger partial charge in [-0.15, -0.1) is 0 Å². The Labute approximate surface area is 136 Å². The Morgan fingerprint density at radius 2 is 1.83 bits per heavy atom. The Morgan fingerprint density at radius 1 is 1.09 bits per heavy atom. The molecule has 0 saturated carbocycles. The van der Waals surface area contributed by atoms with Gasteiger partial charge >= 0.3 is 0 Å². The Morgan fingerprint density at radius 3 is 2.52 bits per heavy atom. The second kappa shape index (κ2) is 5.92. The van der Waals surface area contributed by atoms with Crippen LogP contribution >= 0.6 is 0 Å². The Balaban J connectivity index is 1.86. The molecule has 3 rings (SSSR count). The number of fused-ring (bicyclic) bond motifs is 1. The van der Waals surface area contributed by atoms with Crippen LogP contribution in [0.4, 0.5) is 0 Å². The van der Waals surface area contributed by atoms with Crippen molar-refractivity contribution in [3.8, 4) is 0 Å². The van der Waals surface area contributed by atoms with Gasteiger partial charge in [-0.1, -0.05) is 42.0 Å². The van der Waals surface area contributed by atoms with Gasteiger partial charge < -0.3 is 9.73 Å². The predicted molar refractivity (Wildman–Crippen MR) is 92.7 cm³/mol. The monoisotopic (exact) mass is 307 g/mol. The lowest BCUT2D eigenvalue weighted by atomic mass is 10.00. The van der Waals surface area contributed by atoms with Crippen LogP contribution in [0.25, 0.3) is 11.0 Å². The van der Waals surface area contributed by atoms with Crippen LogP contribution in [0.5, 0.6) is 0 Å². The minimum atomic E-state index is -0.175. The van der Waals surface area contributed by atoms with Gasteiger partial charge in [0.05, 0.1) is 6.04 Å². The van der Waals surface area contributed by atoms with Gasteiger partial charge in [0.1, 0.15) is 5.58 Å². The molecule has 0 aliphatic rings. The SMILES string of the molecule is Cc1ccc(C(C)NC(=O)c2oc3ccccc3c2C)c(C)c1. The van der Waals surface area contributed by atoms with Crippen molar-refractivity contribution in [2.24, 2.45) is 0 Å². The van der Waals surface area contributed by atoms with Crippen molar-refractivity contribution in [2.75, 3.05) is 0 Å². The van der Waals surface area contributed by atoms with Crippen molar-refractivity contribution in [2.45, 2.75) is 33.7 Å². The van der Waals surface area contributed by atoms with E-state index in [2.05, 4.69) is 37.4 Å². The summed E-state index contributed by atoms with van der Waals surface area (Å²) in [6.45, 7) is 8.05. The van der Waals surface area contributed by atoms with Crippen LogP contribution in [0.1, 0.15) is 45.8 Å². The molecule has 1 atom stereocenters. The summed E-state index contributed by atoms with van der Waals surface area (Å²) < 4.78 is 5.73. The van der Waals surface area contributed by atoms with Crippen molar-refractivity contribution in [1.82, 2.24) is 5.32 Å². The highest BCUT2D eigenvalue weighted by molar-refractivity contribution is 5.99. The van der Waals surface area contributed by atoms with E-state index < -0.39 is 0 Å². The molecule has 1 heterocycles. The Bertz CT molecular complexity index is 876. The van der Waals surface area contributed by atoms with Crippen molar-refractivity contribution < 1.29 is 9.21 Å². The summed E-state index contributed by atoms with van der Waals surface area (Å²) >= 11 is 0. The average molecular weight is 307 g/mol. The maximum absolute atomic E-state index is 12.6. The molecule has 0 fully saturated rings. The summed E-state index contributed by atoms with van der Waals surface area (Å²) in [5, 5.41) is 4.03. The van der Waals surface area contributed by atoms with E-state index in [-0.39, 0.29) is 11.9 Å². The molecule has 0 aliphatic heterocycles. The highest BCUT2D eigenvalue weighted by atomic mass is 16.3. The summed E-state index contributed by atoms with van der Waals surface area (Å²) in [6, 6.07) is 13.9. The zero-order valence-corrected chi connectivity index (χ0v) is 13.9. The first kappa shape index (κ1) is 15.3. The van der Waals surface area contributed by atoms with E-state index in [1.807, 2.05) is 38.1 Å². The van der Waals surface area contributed by atoms with Crippen LogP contribution < -0.4 is 5.32 Å². The summed E-state index contributed by atoms with van der Waals surface area (Å²) in [7, 11) is 0. The van der Waals surface area contributed by atoms with Crippen LogP contribution in [-0.2, 0) is 0 Å². The van der Waals surface area contributed by atoms with Gasteiger partial charge in [-0.2, -0.15) is 0 Å². The molecule has 0 aliphatic carbocycles. The Hall–Kier alpha value is -2.55. The molecule has 118 valence electrons. The summed E-state index contributed by atoms with van der Waals surface area (Å²) in [5.41, 5.74) is 5.15. The fourth-order valence-electron chi connectivity index (χ4n) is 3.04. The minimum Gasteiger partial charge on any atom is -0.451 e. The first-order chi connectivity index (χ1) is 11.0. The molecule has 3 nitrogen and oxygen atoms in total. The molecule has 0 radical (unpaired) electrons. The van der Waals surface area contributed by atoms with E-state index >= 15 is 0 Å². The van der Waals surface area contributed by atoms with Crippen LogP contribution in [0.3, 0.4) is 0 Å². The number of amides is 1. The molecule has 0 saturated heterocycles. The molecule has 3 heteroatoms. The van der Waals surface area contributed by atoms with Crippen molar-refractivity contribution >= 4 is 16.9 Å². The van der Waals surface area contributed by atoms with Crippen molar-refractivity contribution in [3.63, 3.8) is 0 Å². The molecule has 1 aromatic heterocycles. The molecule has 0 spiro atoms. The zero-order valence-electron chi connectivity index (χ0n) is 13.9. The largest absolute Gasteiger partial charge is 0.451 e. The topological polar surface area (TPSA) is 42.2 Å². The molecule has 1 amide bonds. The van der Waals surface area contributed by atoms with Gasteiger partial charge in [-0.05, 0) is 44.9 Å². The van der Waals surface area contributed by atoms with Gasteiger partial charge in [-0.25, -0.2) is 0 Å². The number of furan rings is 1. The lowest BCUT2D eigenvalue weighted by Gasteiger charge is -2.16. The number of benzene rings is 2. The van der Waals surface area contributed by atoms with E-state index in [0.717, 1.165) is 22.1 Å². The number of carbonyl (C=O) groups excluding carboxylic acids is 1. The third-order valence-corrected chi connectivity index (χ3v) is 4.29. The van der Waals surface area contributed by atoms with E-state index in [1.165, 1.54) is 11.1 Å². The normalized spacial score (nSPS) is 12.3. The van der Waals surface area contributed by atoms with Gasteiger partial charge in [0, 0.05) is 10.9 Å². The average Bonchev–Trinajstić information content (AvgIpc) is 2.85. The molecular formula is C20H21NO2. The maximum atomic E-state index is 12.6. The predicted octanol–water partition coefficient (Wildman–Crippen LogP) is 4.85. The molecule has 1 unspecified atom stereocenters. The lowest BCUT2D eigenvalue weighted by molar-refractivity contribution is 0.0913. The second-order valence-electron chi connectivity index (χ2n) is 6.11. The van der Waals surface area contributed by atoms with E-state index in [0.29, 0.717) is 5.76 Å². The highest BCUT2D eigenvalue weighted by Crippen LogP contribution is 2.26. The molecule has 23 heavy (non-hydrogen) atoms. The zero-order chi connectivity index (χ0) is 16.6. The van der Waals surface area contributed by atoms with E-state index in [4.69, 9.17) is 4.42 Å². The maximum Gasteiger partial charge on any atom is 0.287 e. The quantitative estimate of drug-likeness (QED) is 0.751. The number of carbonyl (C=O) groups is 1. The highest BCUT2D eigenvalue weighted by Gasteiger charge is 2.20. The van der Waals surface area contributed by atoms with E-state index in [9.17, 15) is 4.79 Å². The third-order valence-electron chi connectivity index (χ3n) is 4.29. The van der Waals surface area contributed by atoms with Gasteiger partial charge in [-0.3, -0.25) is 4.79 Å². The smallest absolute Gasteiger partial charge is 0.287 e. The fraction of sp³-hybridized carbons (Fsp3) is 0.250. The van der Waals surface area contributed by atoms with Crippen LogP contribution in [0.2, 0.25) is 0 Å². The molecule has 3 aromatic rings. The lowest BCUT2D eigenvalue weighted by Crippen LogP contribution is -2.27. The molecule has 1 N–H and O–H groups in total. The summed E-state index contributed by atoms with van der Waals surface area (Å²) in [6.07, 6.45) is 0. The number of rotatable bonds is 3. The first-order valence-electron chi connectivity index (χ1n) is 7.83. The van der Waals surface area contributed by atoms with Gasteiger partial charge in [0.25, 0.3) is 5.91 Å². The number of aryl methyl sites for hydroxylation is 3. The second-order valence-corrected chi connectivity index (χ2v) is 6.11. The molecule has 0 bridgehead atoms. The Kier molecular flexibility index (Phi) is 3.95. The van der Waals surface area contributed by atoms with E-state index in [1.54, 1.807) is 0 Å². The van der Waals surface area contributed by atoms with Crippen molar-refractivity contribution in [1.29, 1.82) is 0 Å². The first-order valence-corrected chi connectivity index (χ1v) is 7.83. The van der Waals surface area contributed by atoms with Crippen molar-refractivity contribution in [3.05, 3.63) is 70.5 Å². The standard InChI is InChI=1S/C20H21NO2/c1-12-9-10-16(13(2)11-12)15(4)21-20(22)19-14(3)17-7-5-6-8-18(17)23-19/h5-11,15H,1-4H3,(H,21,22). The number of para-hydroxylation sites is 1. The summed E-state index contributed by atoms with van der Waals surface area (Å²) in [4.78, 5) is 12.6. The summed E-state index contributed by atoms with van der Waals surface area (Å²) in [5.74, 6) is 0.217. The van der Waals surface area contributed by atoms with Gasteiger partial charge in [0.15, 0.2) is 5.76 Å². The van der Waals surface area contributed by atoms with Crippen LogP contribution in [0.15, 0.2) is 46.9 Å². The van der Waals surface area contributed by atoms with Crippen LogP contribution in [0, 0.1) is 20.8 Å². The third kappa shape index (κ3) is 2.87. The number of hydrogen-bond donors (Lipinski definition) is 1. The fourth-order valence-corrected chi connectivity index (χ4v) is 3.04. The van der Waals surface area contributed by atoms with Crippen LogP contribution in [-0.4, -0.2) is 5.91 Å². The number of hydrogen-bond acceptors (Lipinski definition) is 2. The van der Waals surface area contributed by atoms with Gasteiger partial charge in [0.2, 0.25) is 0 Å². The molecule has 2 aromatic carbocycles. The molecular weight excluding hydrogens is 286 g/mol. The minimum absolute atomic E-state index is 0.0734. The number of nitrogens with one attached hydrogen (secondary N) is 1.